The van der Waals surface area contributed by atoms with E-state index in [0.717, 1.165) is 59.3 Å². The van der Waals surface area contributed by atoms with Crippen molar-refractivity contribution >= 4 is 11.8 Å². The largest absolute Gasteiger partial charge is 0.392 e. The van der Waals surface area contributed by atoms with Crippen LogP contribution in [0.25, 0.3) is 11.1 Å². The lowest BCUT2D eigenvalue weighted by Gasteiger charge is -2.43. The molecule has 4 aromatic carbocycles. The Labute approximate surface area is 281 Å². The van der Waals surface area contributed by atoms with Gasteiger partial charge in [0.15, 0.2) is 6.29 Å². The lowest BCUT2D eigenvalue weighted by molar-refractivity contribution is -0.276. The van der Waals surface area contributed by atoms with Crippen LogP contribution in [-0.2, 0) is 27.4 Å². The number of ether oxygens (including phenoxy) is 3. The number of aliphatic hydroxyl groups excluding tert-OH is 1. The normalized spacial score (nSPS) is 24.3. The van der Waals surface area contributed by atoms with Crippen molar-refractivity contribution < 1.29 is 28.9 Å². The first kappa shape index (κ1) is 32.4. The number of benzene rings is 4. The topological polar surface area (TPSA) is 88.5 Å². The molecule has 0 aromatic heterocycles. The SMILES string of the molecule is COC[C@@H]1CCCN1C[C@H]1O[C@@H](c2ccc(-c3cccc(CN4C(=O)c5ccccc5C4=O)c3)cc2)O[C@@H](c2ccc(CO)cc2)[C@H]1C. The maximum Gasteiger partial charge on any atom is 0.261 e. The van der Waals surface area contributed by atoms with Crippen LogP contribution >= 0.6 is 0 Å². The quantitative estimate of drug-likeness (QED) is 0.196. The van der Waals surface area contributed by atoms with Crippen LogP contribution in [0.4, 0.5) is 0 Å². The first-order chi connectivity index (χ1) is 23.4. The summed E-state index contributed by atoms with van der Waals surface area (Å²) in [6.45, 7) is 4.97. The van der Waals surface area contributed by atoms with Gasteiger partial charge in [-0.1, -0.05) is 85.8 Å². The molecule has 5 atom stereocenters. The first-order valence-corrected chi connectivity index (χ1v) is 16.8. The smallest absolute Gasteiger partial charge is 0.261 e. The fourth-order valence-corrected chi connectivity index (χ4v) is 7.32. The van der Waals surface area contributed by atoms with Crippen molar-refractivity contribution in [1.29, 1.82) is 0 Å². The lowest BCUT2D eigenvalue weighted by Crippen LogP contribution is -2.46. The summed E-state index contributed by atoms with van der Waals surface area (Å²) >= 11 is 0. The van der Waals surface area contributed by atoms with Crippen LogP contribution in [0.1, 0.15) is 75.1 Å². The molecule has 0 radical (unpaired) electrons. The molecule has 4 aromatic rings. The number of amides is 2. The van der Waals surface area contributed by atoms with Crippen molar-refractivity contribution in [3.8, 4) is 11.1 Å². The first-order valence-electron chi connectivity index (χ1n) is 16.8. The number of aliphatic hydroxyl groups is 1. The summed E-state index contributed by atoms with van der Waals surface area (Å²) in [5.74, 6) is -0.409. The fourth-order valence-electron chi connectivity index (χ4n) is 7.32. The molecule has 2 fully saturated rings. The second-order valence-electron chi connectivity index (χ2n) is 13.1. The zero-order chi connectivity index (χ0) is 33.2. The van der Waals surface area contributed by atoms with Crippen molar-refractivity contribution in [2.75, 3.05) is 26.8 Å². The third kappa shape index (κ3) is 6.46. The van der Waals surface area contributed by atoms with E-state index in [9.17, 15) is 14.7 Å². The number of carbonyl (C=O) groups excluding carboxylic acids is 2. The fraction of sp³-hybridized carbons (Fsp3) is 0.350. The summed E-state index contributed by atoms with van der Waals surface area (Å²) in [6.07, 6.45) is 1.50. The Morgan fingerprint density at radius 1 is 0.812 bits per heavy atom. The Bertz CT molecular complexity index is 1720. The van der Waals surface area contributed by atoms with Crippen molar-refractivity contribution in [3.05, 3.63) is 130 Å². The van der Waals surface area contributed by atoms with E-state index in [1.54, 1.807) is 31.4 Å². The Morgan fingerprint density at radius 3 is 2.21 bits per heavy atom. The van der Waals surface area contributed by atoms with Crippen LogP contribution in [0.3, 0.4) is 0 Å². The van der Waals surface area contributed by atoms with Gasteiger partial charge < -0.3 is 19.3 Å². The zero-order valence-electron chi connectivity index (χ0n) is 27.5. The average molecular weight is 647 g/mol. The van der Waals surface area contributed by atoms with Gasteiger partial charge in [0.1, 0.15) is 0 Å². The number of carbonyl (C=O) groups is 2. The Kier molecular flexibility index (Phi) is 9.52. The highest BCUT2D eigenvalue weighted by molar-refractivity contribution is 6.21. The van der Waals surface area contributed by atoms with Gasteiger partial charge in [-0.05, 0) is 65.4 Å². The van der Waals surface area contributed by atoms with Gasteiger partial charge in [-0.3, -0.25) is 19.4 Å². The standard InChI is InChI=1S/C40H42N2O6/c1-26-36(23-41-20-6-9-33(41)25-46-2)47-40(48-37(26)30-14-12-27(24-43)13-15-30)31-18-16-29(17-19-31)32-8-5-7-28(21-32)22-42-38(44)34-10-3-4-11-35(34)39(42)45/h3-5,7-8,10-19,21,26,33,36-37,40,43H,6,9,20,22-25H2,1-2H3/t26-,33-,36+,37+,40+/m0/s1. The predicted molar refractivity (Wildman–Crippen MR) is 182 cm³/mol. The molecule has 2 amide bonds. The van der Waals surface area contributed by atoms with E-state index in [1.165, 1.54) is 4.90 Å². The van der Waals surface area contributed by atoms with Crippen LogP contribution in [0, 0.1) is 5.92 Å². The third-order valence-electron chi connectivity index (χ3n) is 10.1. The molecule has 3 aliphatic rings. The van der Waals surface area contributed by atoms with Gasteiger partial charge in [0.05, 0.1) is 43.1 Å². The number of fused-ring (bicyclic) bond motifs is 1. The van der Waals surface area contributed by atoms with Gasteiger partial charge in [-0.15, -0.1) is 0 Å². The molecule has 3 aliphatic heterocycles. The number of likely N-dealkylation sites (tertiary alicyclic amines) is 1. The van der Waals surface area contributed by atoms with Crippen molar-refractivity contribution in [3.63, 3.8) is 0 Å². The molecule has 248 valence electrons. The highest BCUT2D eigenvalue weighted by atomic mass is 16.7. The Hall–Kier alpha value is -4.18. The van der Waals surface area contributed by atoms with Crippen LogP contribution < -0.4 is 0 Å². The lowest BCUT2D eigenvalue weighted by atomic mass is 9.89. The minimum atomic E-state index is -0.550. The number of rotatable bonds is 10. The van der Waals surface area contributed by atoms with Gasteiger partial charge in [0.25, 0.3) is 11.8 Å². The molecule has 0 bridgehead atoms. The van der Waals surface area contributed by atoms with Crippen LogP contribution in [-0.4, -0.2) is 65.7 Å². The van der Waals surface area contributed by atoms with Gasteiger partial charge in [0.2, 0.25) is 0 Å². The summed E-state index contributed by atoms with van der Waals surface area (Å²) in [6, 6.07) is 31.6. The maximum atomic E-state index is 12.9. The van der Waals surface area contributed by atoms with Gasteiger partial charge in [-0.25, -0.2) is 0 Å². The molecule has 7 rings (SSSR count). The highest BCUT2D eigenvalue weighted by Crippen LogP contribution is 2.42. The van der Waals surface area contributed by atoms with Crippen LogP contribution in [0.5, 0.6) is 0 Å². The molecular weight excluding hydrogens is 604 g/mol. The summed E-state index contributed by atoms with van der Waals surface area (Å²) < 4.78 is 19.0. The molecule has 2 saturated heterocycles. The minimum Gasteiger partial charge on any atom is -0.392 e. The van der Waals surface area contributed by atoms with Gasteiger partial charge in [-0.2, -0.15) is 0 Å². The zero-order valence-corrected chi connectivity index (χ0v) is 27.5. The number of hydrogen-bond donors (Lipinski definition) is 1. The molecule has 0 unspecified atom stereocenters. The number of nitrogens with zero attached hydrogens (tertiary/aromatic N) is 2. The molecule has 8 heteroatoms. The van der Waals surface area contributed by atoms with Crippen LogP contribution in [0.15, 0.2) is 97.1 Å². The average Bonchev–Trinajstić information content (AvgIpc) is 3.66. The second-order valence-corrected chi connectivity index (χ2v) is 13.1. The summed E-state index contributed by atoms with van der Waals surface area (Å²) in [4.78, 5) is 29.7. The van der Waals surface area contributed by atoms with E-state index in [4.69, 9.17) is 14.2 Å². The molecular formula is C40H42N2O6. The summed E-state index contributed by atoms with van der Waals surface area (Å²) in [5.41, 5.74) is 6.67. The van der Waals surface area contributed by atoms with Crippen LogP contribution in [0.2, 0.25) is 0 Å². The second kappa shape index (κ2) is 14.1. The molecule has 0 spiro atoms. The molecule has 48 heavy (non-hydrogen) atoms. The Morgan fingerprint density at radius 2 is 1.52 bits per heavy atom. The van der Waals surface area contributed by atoms with Crippen molar-refractivity contribution in [2.24, 2.45) is 5.92 Å². The van der Waals surface area contributed by atoms with E-state index < -0.39 is 6.29 Å². The minimum absolute atomic E-state index is 0.00356. The van der Waals surface area contributed by atoms with Gasteiger partial charge >= 0.3 is 0 Å². The van der Waals surface area contributed by atoms with Crippen molar-refractivity contribution in [1.82, 2.24) is 9.80 Å². The summed E-state index contributed by atoms with van der Waals surface area (Å²) in [5, 5.41) is 9.59. The molecule has 0 aliphatic carbocycles. The monoisotopic (exact) mass is 646 g/mol. The van der Waals surface area contributed by atoms with E-state index in [0.29, 0.717) is 23.8 Å². The van der Waals surface area contributed by atoms with E-state index >= 15 is 0 Å². The number of imide groups is 1. The highest BCUT2D eigenvalue weighted by Gasteiger charge is 2.40. The van der Waals surface area contributed by atoms with E-state index in [1.807, 2.05) is 48.5 Å². The number of methoxy groups -OCH3 is 1. The summed E-state index contributed by atoms with van der Waals surface area (Å²) in [7, 11) is 1.76. The molecule has 1 N–H and O–H groups in total. The molecule has 3 heterocycles. The van der Waals surface area contributed by atoms with E-state index in [2.05, 4.69) is 36.1 Å². The van der Waals surface area contributed by atoms with E-state index in [-0.39, 0.29) is 43.1 Å². The molecule has 8 nitrogen and oxygen atoms in total. The molecule has 0 saturated carbocycles. The predicted octanol–water partition coefficient (Wildman–Crippen LogP) is 6.54. The third-order valence-corrected chi connectivity index (χ3v) is 10.1. The Balaban J connectivity index is 1.10. The number of hydrogen-bond acceptors (Lipinski definition) is 7. The maximum absolute atomic E-state index is 12.9. The van der Waals surface area contributed by atoms with Gasteiger partial charge in [0, 0.05) is 31.2 Å². The van der Waals surface area contributed by atoms with Crippen molar-refractivity contribution in [2.45, 2.75) is 57.5 Å².